The van der Waals surface area contributed by atoms with Crippen LogP contribution >= 0.6 is 23.1 Å². The van der Waals surface area contributed by atoms with Crippen LogP contribution in [0, 0.1) is 12.8 Å². The molecule has 9 nitrogen and oxygen atoms in total. The minimum absolute atomic E-state index is 0.00185. The number of carbonyl (C=O) groups excluding carboxylic acids is 2. The van der Waals surface area contributed by atoms with Crippen LogP contribution in [0.15, 0.2) is 34.3 Å². The molecule has 1 aromatic carbocycles. The molecule has 0 bridgehead atoms. The highest BCUT2D eigenvalue weighted by atomic mass is 32.2. The number of hydrogen-bond donors (Lipinski definition) is 3. The van der Waals surface area contributed by atoms with Gasteiger partial charge in [-0.1, -0.05) is 11.3 Å². The van der Waals surface area contributed by atoms with Crippen LogP contribution < -0.4 is 15.4 Å². The molecular weight excluding hydrogens is 464 g/mol. The van der Waals surface area contributed by atoms with Crippen molar-refractivity contribution in [3.63, 3.8) is 0 Å². The Labute approximate surface area is 198 Å². The molecule has 0 atom stereocenters. The summed E-state index contributed by atoms with van der Waals surface area (Å²) in [6.45, 7) is 2.21. The standard InChI is InChI=1S/C22H22N4O5S2/c1-12-9-14(31-8-2-3-18(27)28)6-7-16(12)24-22-26-20(30)17(33-22)10-15-11-23-21(32-15)25-19(29)13-4-5-13/h6-7,9-11,13H,2-5,8H2,1H3,(H,27,28)(H,23,25,29)(H,24,26,30)/b17-10-. The van der Waals surface area contributed by atoms with Gasteiger partial charge in [0.15, 0.2) is 10.3 Å². The minimum atomic E-state index is -0.846. The summed E-state index contributed by atoms with van der Waals surface area (Å²) in [5.41, 5.74) is 1.56. The fourth-order valence-electron chi connectivity index (χ4n) is 2.94. The van der Waals surface area contributed by atoms with E-state index in [9.17, 15) is 14.4 Å². The van der Waals surface area contributed by atoms with E-state index in [4.69, 9.17) is 9.84 Å². The summed E-state index contributed by atoms with van der Waals surface area (Å²) in [6, 6.07) is 5.38. The van der Waals surface area contributed by atoms with Crippen molar-refractivity contribution in [2.45, 2.75) is 32.6 Å². The third kappa shape index (κ3) is 6.42. The number of hydrogen-bond acceptors (Lipinski definition) is 8. The number of amidine groups is 1. The maximum atomic E-state index is 12.4. The number of anilines is 1. The lowest BCUT2D eigenvalue weighted by Gasteiger charge is -2.08. The zero-order chi connectivity index (χ0) is 23.4. The number of thiazole rings is 1. The summed E-state index contributed by atoms with van der Waals surface area (Å²) in [6.07, 6.45) is 5.71. The predicted molar refractivity (Wildman–Crippen MR) is 128 cm³/mol. The average Bonchev–Trinajstić information content (AvgIpc) is 3.45. The summed E-state index contributed by atoms with van der Waals surface area (Å²) in [5, 5.41) is 15.2. The first-order valence-corrected chi connectivity index (χ1v) is 12.0. The number of aromatic nitrogens is 1. The third-order valence-corrected chi connectivity index (χ3v) is 6.59. The number of rotatable bonds is 9. The van der Waals surface area contributed by atoms with Gasteiger partial charge in [0.2, 0.25) is 5.91 Å². The van der Waals surface area contributed by atoms with E-state index in [2.05, 4.69) is 20.6 Å². The third-order valence-electron chi connectivity index (χ3n) is 4.82. The molecule has 2 heterocycles. The van der Waals surface area contributed by atoms with Crippen molar-refractivity contribution in [1.29, 1.82) is 0 Å². The van der Waals surface area contributed by atoms with Crippen LogP contribution in [-0.2, 0) is 14.4 Å². The van der Waals surface area contributed by atoms with Crippen molar-refractivity contribution in [1.82, 2.24) is 10.3 Å². The van der Waals surface area contributed by atoms with Crippen molar-refractivity contribution in [3.8, 4) is 5.75 Å². The number of nitrogens with one attached hydrogen (secondary N) is 2. The fourth-order valence-corrected chi connectivity index (χ4v) is 4.60. The van der Waals surface area contributed by atoms with Crippen LogP contribution in [0.25, 0.3) is 6.08 Å². The molecule has 33 heavy (non-hydrogen) atoms. The molecule has 3 N–H and O–H groups in total. The molecule has 1 aliphatic heterocycles. The molecule has 2 fully saturated rings. The summed E-state index contributed by atoms with van der Waals surface area (Å²) >= 11 is 2.55. The Bertz CT molecular complexity index is 1150. The Balaban J connectivity index is 1.37. The maximum Gasteiger partial charge on any atom is 0.303 e. The zero-order valence-corrected chi connectivity index (χ0v) is 19.4. The number of amides is 2. The monoisotopic (exact) mass is 486 g/mol. The highest BCUT2D eigenvalue weighted by Gasteiger charge is 2.30. The number of carboxylic acids is 1. The molecule has 2 aliphatic rings. The SMILES string of the molecule is Cc1cc(OCCCC(=O)O)ccc1N=C1NC(=O)/C(=C/c2cnc(NC(=O)C3CC3)s2)S1. The van der Waals surface area contributed by atoms with E-state index in [1.165, 1.54) is 23.1 Å². The van der Waals surface area contributed by atoms with E-state index < -0.39 is 5.97 Å². The first-order chi connectivity index (χ1) is 15.9. The number of aliphatic imine (C=N–C) groups is 1. The van der Waals surface area contributed by atoms with Gasteiger partial charge >= 0.3 is 5.97 Å². The zero-order valence-electron chi connectivity index (χ0n) is 17.8. The largest absolute Gasteiger partial charge is 0.494 e. The molecule has 2 aromatic rings. The first-order valence-electron chi connectivity index (χ1n) is 10.4. The molecule has 1 saturated heterocycles. The molecular formula is C22H22N4O5S2. The van der Waals surface area contributed by atoms with E-state index in [-0.39, 0.29) is 24.2 Å². The van der Waals surface area contributed by atoms with E-state index in [1.54, 1.807) is 24.4 Å². The molecule has 11 heteroatoms. The van der Waals surface area contributed by atoms with Crippen LogP contribution in [0.1, 0.15) is 36.1 Å². The molecule has 0 unspecified atom stereocenters. The van der Waals surface area contributed by atoms with Crippen LogP contribution in [0.2, 0.25) is 0 Å². The summed E-state index contributed by atoms with van der Waals surface area (Å²) in [5.74, 6) is -0.349. The minimum Gasteiger partial charge on any atom is -0.494 e. The summed E-state index contributed by atoms with van der Waals surface area (Å²) in [4.78, 5) is 44.8. The molecule has 0 spiro atoms. The Hall–Kier alpha value is -3.18. The van der Waals surface area contributed by atoms with E-state index in [1.807, 2.05) is 13.0 Å². The number of benzene rings is 1. The average molecular weight is 487 g/mol. The lowest BCUT2D eigenvalue weighted by atomic mass is 10.2. The van der Waals surface area contributed by atoms with Gasteiger partial charge in [0.1, 0.15) is 5.75 Å². The second-order valence-electron chi connectivity index (χ2n) is 7.61. The highest BCUT2D eigenvalue weighted by molar-refractivity contribution is 8.18. The molecule has 172 valence electrons. The van der Waals surface area contributed by atoms with Gasteiger partial charge in [0.25, 0.3) is 5.91 Å². The van der Waals surface area contributed by atoms with Gasteiger partial charge in [0.05, 0.1) is 22.1 Å². The summed E-state index contributed by atoms with van der Waals surface area (Å²) in [7, 11) is 0. The van der Waals surface area contributed by atoms with Gasteiger partial charge in [-0.2, -0.15) is 0 Å². The Morgan fingerprint density at radius 2 is 2.21 bits per heavy atom. The van der Waals surface area contributed by atoms with Gasteiger partial charge in [-0.3, -0.25) is 14.4 Å². The second-order valence-corrected chi connectivity index (χ2v) is 9.70. The highest BCUT2D eigenvalue weighted by Crippen LogP contribution is 2.33. The van der Waals surface area contributed by atoms with Crippen LogP contribution in [-0.4, -0.2) is 39.6 Å². The topological polar surface area (TPSA) is 130 Å². The smallest absolute Gasteiger partial charge is 0.303 e. The van der Waals surface area contributed by atoms with E-state index >= 15 is 0 Å². The number of aryl methyl sites for hydroxylation is 1. The number of ether oxygens (including phenoxy) is 1. The molecule has 1 saturated carbocycles. The number of aliphatic carboxylic acids is 1. The molecule has 1 aromatic heterocycles. The number of carboxylic acid groups (broad SMARTS) is 1. The van der Waals surface area contributed by atoms with Crippen molar-refractivity contribution < 1.29 is 24.2 Å². The van der Waals surface area contributed by atoms with Crippen molar-refractivity contribution in [2.24, 2.45) is 10.9 Å². The first kappa shape index (κ1) is 23.0. The Morgan fingerprint density at radius 3 is 2.94 bits per heavy atom. The quantitative estimate of drug-likeness (QED) is 0.362. The van der Waals surface area contributed by atoms with Crippen molar-refractivity contribution >= 4 is 62.9 Å². The van der Waals surface area contributed by atoms with Crippen molar-refractivity contribution in [2.75, 3.05) is 11.9 Å². The lowest BCUT2D eigenvalue weighted by molar-refractivity contribution is -0.137. The fraction of sp³-hybridized carbons (Fsp3) is 0.318. The van der Waals surface area contributed by atoms with E-state index in [0.29, 0.717) is 39.7 Å². The van der Waals surface area contributed by atoms with Gasteiger partial charge < -0.3 is 20.5 Å². The Kier molecular flexibility index (Phi) is 7.09. The molecule has 0 radical (unpaired) electrons. The maximum absolute atomic E-state index is 12.4. The predicted octanol–water partition coefficient (Wildman–Crippen LogP) is 3.94. The van der Waals surface area contributed by atoms with Crippen LogP contribution in [0.4, 0.5) is 10.8 Å². The van der Waals surface area contributed by atoms with Gasteiger partial charge in [-0.15, -0.1) is 0 Å². The van der Waals surface area contributed by atoms with E-state index in [0.717, 1.165) is 23.3 Å². The van der Waals surface area contributed by atoms with Crippen LogP contribution in [0.5, 0.6) is 5.75 Å². The normalized spacial score (nSPS) is 17.9. The molecule has 1 aliphatic carbocycles. The van der Waals surface area contributed by atoms with Gasteiger partial charge in [0, 0.05) is 18.5 Å². The van der Waals surface area contributed by atoms with Gasteiger partial charge in [-0.05, 0) is 67.8 Å². The number of thioether (sulfide) groups is 1. The Morgan fingerprint density at radius 1 is 1.39 bits per heavy atom. The van der Waals surface area contributed by atoms with Crippen molar-refractivity contribution in [3.05, 3.63) is 39.7 Å². The molecule has 4 rings (SSSR count). The number of nitrogens with zero attached hydrogens (tertiary/aromatic N) is 2. The van der Waals surface area contributed by atoms with Crippen LogP contribution in [0.3, 0.4) is 0 Å². The molecule has 2 amide bonds. The second kappa shape index (κ2) is 10.2. The van der Waals surface area contributed by atoms with Gasteiger partial charge in [-0.25, -0.2) is 9.98 Å². The lowest BCUT2D eigenvalue weighted by Crippen LogP contribution is -2.19. The summed E-state index contributed by atoms with van der Waals surface area (Å²) < 4.78 is 5.58. The number of carbonyl (C=O) groups is 3.